The summed E-state index contributed by atoms with van der Waals surface area (Å²) in [6.07, 6.45) is 29.8. The fourth-order valence-corrected chi connectivity index (χ4v) is 3.75. The Hall–Kier alpha value is -0.690. The van der Waals surface area contributed by atoms with Gasteiger partial charge in [-0.15, -0.1) is 0 Å². The zero-order valence-electron chi connectivity index (χ0n) is 13.9. The average molecular weight is 317 g/mol. The summed E-state index contributed by atoms with van der Waals surface area (Å²) in [5.41, 5.74) is 1.65. The van der Waals surface area contributed by atoms with E-state index in [9.17, 15) is 0 Å². The average Bonchev–Trinajstić information content (AvgIpc) is 3.19. The first-order valence-electron chi connectivity index (χ1n) is 9.25. The van der Waals surface area contributed by atoms with Gasteiger partial charge in [0, 0.05) is 11.8 Å². The Labute approximate surface area is 142 Å². The first-order chi connectivity index (χ1) is 10.9. The number of allylic oxidation sites excluding steroid dienone is 8. The highest BCUT2D eigenvalue weighted by molar-refractivity contribution is 7.80. The van der Waals surface area contributed by atoms with Gasteiger partial charge in [-0.25, -0.2) is 0 Å². The van der Waals surface area contributed by atoms with Crippen LogP contribution in [0.5, 0.6) is 0 Å². The van der Waals surface area contributed by atoms with Gasteiger partial charge in [-0.1, -0.05) is 93.1 Å². The van der Waals surface area contributed by atoms with Gasteiger partial charge in [0.2, 0.25) is 0 Å². The monoisotopic (exact) mass is 316 g/mol. The molecule has 1 heteroatoms. The Morgan fingerprint density at radius 2 is 1.27 bits per heavy atom. The second kappa shape index (κ2) is 10.9. The Kier molecular flexibility index (Phi) is 8.78. The molecule has 0 bridgehead atoms. The molecule has 0 heterocycles. The maximum atomic E-state index is 4.26. The quantitative estimate of drug-likeness (QED) is 0.301. The molecule has 0 saturated heterocycles. The van der Waals surface area contributed by atoms with Crippen LogP contribution >= 0.6 is 12.6 Å². The number of rotatable bonds is 12. The van der Waals surface area contributed by atoms with Crippen LogP contribution in [0.1, 0.15) is 64.2 Å². The SMILES string of the molecule is SCCCCCCCCCCCC1=CC=CC1C1C=CC=C1. The van der Waals surface area contributed by atoms with Crippen LogP contribution in [-0.2, 0) is 0 Å². The molecule has 2 aliphatic rings. The van der Waals surface area contributed by atoms with Crippen LogP contribution in [-0.4, -0.2) is 5.75 Å². The van der Waals surface area contributed by atoms with Crippen LogP contribution in [0, 0.1) is 11.8 Å². The van der Waals surface area contributed by atoms with Crippen molar-refractivity contribution in [2.45, 2.75) is 64.2 Å². The predicted molar refractivity (Wildman–Crippen MR) is 103 cm³/mol. The molecule has 122 valence electrons. The number of unbranched alkanes of at least 4 members (excludes halogenated alkanes) is 8. The molecule has 0 amide bonds. The van der Waals surface area contributed by atoms with E-state index in [4.69, 9.17) is 0 Å². The van der Waals surface area contributed by atoms with Crippen molar-refractivity contribution in [3.63, 3.8) is 0 Å². The van der Waals surface area contributed by atoms with E-state index in [1.165, 1.54) is 64.2 Å². The van der Waals surface area contributed by atoms with Gasteiger partial charge in [0.1, 0.15) is 0 Å². The minimum absolute atomic E-state index is 0.613. The van der Waals surface area contributed by atoms with Crippen LogP contribution in [0.2, 0.25) is 0 Å². The van der Waals surface area contributed by atoms with Crippen molar-refractivity contribution in [1.82, 2.24) is 0 Å². The van der Waals surface area contributed by atoms with E-state index >= 15 is 0 Å². The molecule has 0 N–H and O–H groups in total. The Bertz CT molecular complexity index is 402. The normalized spacial score (nSPS) is 20.2. The molecule has 0 aliphatic heterocycles. The smallest absolute Gasteiger partial charge is 0.00808 e. The second-order valence-electron chi connectivity index (χ2n) is 6.66. The highest BCUT2D eigenvalue weighted by atomic mass is 32.1. The van der Waals surface area contributed by atoms with Gasteiger partial charge in [-0.3, -0.25) is 0 Å². The zero-order valence-corrected chi connectivity index (χ0v) is 14.8. The zero-order chi connectivity index (χ0) is 15.5. The Balaban J connectivity index is 1.47. The molecule has 2 aliphatic carbocycles. The Morgan fingerprint density at radius 1 is 0.682 bits per heavy atom. The van der Waals surface area contributed by atoms with E-state index in [-0.39, 0.29) is 0 Å². The van der Waals surface area contributed by atoms with E-state index in [0.29, 0.717) is 11.8 Å². The lowest BCUT2D eigenvalue weighted by molar-refractivity contribution is 0.552. The van der Waals surface area contributed by atoms with Crippen molar-refractivity contribution in [2.75, 3.05) is 5.75 Å². The number of thiol groups is 1. The van der Waals surface area contributed by atoms with Gasteiger partial charge in [0.15, 0.2) is 0 Å². The van der Waals surface area contributed by atoms with Crippen molar-refractivity contribution in [1.29, 1.82) is 0 Å². The molecule has 0 aromatic heterocycles. The predicted octanol–water partition coefficient (Wildman–Crippen LogP) is 6.67. The molecule has 22 heavy (non-hydrogen) atoms. The number of hydrogen-bond acceptors (Lipinski definition) is 1. The van der Waals surface area contributed by atoms with E-state index in [2.05, 4.69) is 55.2 Å². The van der Waals surface area contributed by atoms with Crippen LogP contribution in [0.25, 0.3) is 0 Å². The van der Waals surface area contributed by atoms with E-state index in [1.807, 2.05) is 0 Å². The summed E-state index contributed by atoms with van der Waals surface area (Å²) >= 11 is 4.26. The lowest BCUT2D eigenvalue weighted by Crippen LogP contribution is -2.08. The van der Waals surface area contributed by atoms with Crippen LogP contribution in [0.15, 0.2) is 48.1 Å². The molecular weight excluding hydrogens is 284 g/mol. The van der Waals surface area contributed by atoms with Crippen LogP contribution < -0.4 is 0 Å². The third-order valence-electron chi connectivity index (χ3n) is 4.87. The molecule has 0 radical (unpaired) electrons. The summed E-state index contributed by atoms with van der Waals surface area (Å²) in [6.45, 7) is 0. The van der Waals surface area contributed by atoms with Gasteiger partial charge in [0.25, 0.3) is 0 Å². The molecule has 0 aromatic carbocycles. The third kappa shape index (κ3) is 6.20. The fourth-order valence-electron chi connectivity index (χ4n) is 3.53. The topological polar surface area (TPSA) is 0 Å². The molecule has 0 nitrogen and oxygen atoms in total. The molecule has 2 rings (SSSR count). The van der Waals surface area contributed by atoms with E-state index in [1.54, 1.807) is 5.57 Å². The molecule has 1 atom stereocenters. The largest absolute Gasteiger partial charge is 0.179 e. The van der Waals surface area contributed by atoms with Crippen LogP contribution in [0.3, 0.4) is 0 Å². The summed E-state index contributed by atoms with van der Waals surface area (Å²) < 4.78 is 0. The summed E-state index contributed by atoms with van der Waals surface area (Å²) in [4.78, 5) is 0. The lowest BCUT2D eigenvalue weighted by Gasteiger charge is -2.18. The molecule has 0 fully saturated rings. The van der Waals surface area contributed by atoms with Gasteiger partial charge in [-0.2, -0.15) is 12.6 Å². The summed E-state index contributed by atoms with van der Waals surface area (Å²) in [5.74, 6) is 2.31. The maximum absolute atomic E-state index is 4.26. The van der Waals surface area contributed by atoms with Crippen LogP contribution in [0.4, 0.5) is 0 Å². The van der Waals surface area contributed by atoms with Gasteiger partial charge in [-0.05, 0) is 25.0 Å². The van der Waals surface area contributed by atoms with Gasteiger partial charge < -0.3 is 0 Å². The van der Waals surface area contributed by atoms with E-state index in [0.717, 1.165) is 5.75 Å². The Morgan fingerprint density at radius 3 is 1.91 bits per heavy atom. The molecular formula is C21H32S. The minimum Gasteiger partial charge on any atom is -0.179 e. The summed E-state index contributed by atoms with van der Waals surface area (Å²) in [7, 11) is 0. The van der Waals surface area contributed by atoms with E-state index < -0.39 is 0 Å². The first kappa shape index (κ1) is 17.7. The molecule has 0 spiro atoms. The third-order valence-corrected chi connectivity index (χ3v) is 5.19. The highest BCUT2D eigenvalue weighted by Gasteiger charge is 2.21. The maximum Gasteiger partial charge on any atom is 0.00808 e. The van der Waals surface area contributed by atoms with Crippen molar-refractivity contribution in [2.24, 2.45) is 11.8 Å². The highest BCUT2D eigenvalue weighted by Crippen LogP contribution is 2.34. The molecule has 1 unspecified atom stereocenters. The van der Waals surface area contributed by atoms with Gasteiger partial charge in [0.05, 0.1) is 0 Å². The summed E-state index contributed by atoms with van der Waals surface area (Å²) in [6, 6.07) is 0. The number of hydrogen-bond donors (Lipinski definition) is 1. The first-order valence-corrected chi connectivity index (χ1v) is 9.88. The molecule has 0 aromatic rings. The van der Waals surface area contributed by atoms with Crippen molar-refractivity contribution in [3.8, 4) is 0 Å². The molecule has 0 saturated carbocycles. The minimum atomic E-state index is 0.613. The summed E-state index contributed by atoms with van der Waals surface area (Å²) in [5, 5.41) is 0. The van der Waals surface area contributed by atoms with Gasteiger partial charge >= 0.3 is 0 Å². The fraction of sp³-hybridized carbons (Fsp3) is 0.619. The van der Waals surface area contributed by atoms with Crippen molar-refractivity contribution < 1.29 is 0 Å². The standard InChI is InChI=1S/C21H32S/c22-18-11-7-5-3-1-2-4-6-8-13-20-16-12-17-21(20)19-14-9-10-15-19/h9-10,12,14-17,19,21-22H,1-8,11,13,18H2. The second-order valence-corrected chi connectivity index (χ2v) is 7.10. The lowest BCUT2D eigenvalue weighted by atomic mass is 9.86. The van der Waals surface area contributed by atoms with Crippen molar-refractivity contribution >= 4 is 12.6 Å². The van der Waals surface area contributed by atoms with Crippen molar-refractivity contribution in [3.05, 3.63) is 48.1 Å².